The maximum atomic E-state index is 2.39. The number of hydrogen-bond donors (Lipinski definition) is 0. The van der Waals surface area contributed by atoms with Crippen molar-refractivity contribution >= 4 is 46.3 Å². The Labute approximate surface area is 302 Å². The third-order valence-electron chi connectivity index (χ3n) is 10.1. The molecule has 0 unspecified atom stereocenters. The van der Waals surface area contributed by atoms with Crippen molar-refractivity contribution in [2.45, 2.75) is 33.1 Å². The van der Waals surface area contributed by atoms with Gasteiger partial charge in [0.15, 0.2) is 0 Å². The van der Waals surface area contributed by atoms with Crippen molar-refractivity contribution in [3.8, 4) is 11.1 Å². The first-order valence-corrected chi connectivity index (χ1v) is 17.8. The molecule has 0 amide bonds. The van der Waals surface area contributed by atoms with Crippen molar-refractivity contribution in [2.24, 2.45) is 0 Å². The molecule has 248 valence electrons. The van der Waals surface area contributed by atoms with E-state index in [9.17, 15) is 0 Å². The molecule has 7 aromatic rings. The molecule has 0 spiro atoms. The molecule has 0 aromatic heterocycles. The number of rotatable bonds is 8. The van der Waals surface area contributed by atoms with Gasteiger partial charge >= 0.3 is 0 Å². The Morgan fingerprint density at radius 3 is 1.43 bits per heavy atom. The van der Waals surface area contributed by atoms with Crippen LogP contribution in [-0.2, 0) is 5.41 Å². The van der Waals surface area contributed by atoms with Crippen LogP contribution >= 0.6 is 0 Å². The van der Waals surface area contributed by atoms with E-state index >= 15 is 0 Å². The zero-order valence-corrected chi connectivity index (χ0v) is 29.7. The highest BCUT2D eigenvalue weighted by atomic mass is 15.1. The highest BCUT2D eigenvalue weighted by Crippen LogP contribution is 2.51. The minimum Gasteiger partial charge on any atom is -0.310 e. The molecule has 0 fully saturated rings. The van der Waals surface area contributed by atoms with E-state index in [2.05, 4.69) is 220 Å². The van der Waals surface area contributed by atoms with Gasteiger partial charge in [-0.1, -0.05) is 129 Å². The third kappa shape index (κ3) is 6.26. The van der Waals surface area contributed by atoms with Crippen LogP contribution in [0.2, 0.25) is 0 Å². The zero-order chi connectivity index (χ0) is 35.0. The molecule has 0 radical (unpaired) electrons. The van der Waals surface area contributed by atoms with E-state index in [-0.39, 0.29) is 5.41 Å². The summed E-state index contributed by atoms with van der Waals surface area (Å²) >= 11 is 0. The van der Waals surface area contributed by atoms with Gasteiger partial charge in [-0.2, -0.15) is 0 Å². The summed E-state index contributed by atoms with van der Waals surface area (Å²) < 4.78 is 0. The van der Waals surface area contributed by atoms with Gasteiger partial charge in [0.25, 0.3) is 0 Å². The number of benzene rings is 7. The predicted octanol–water partition coefficient (Wildman–Crippen LogP) is 13.7. The molecule has 8 rings (SSSR count). The Kier molecular flexibility index (Phi) is 8.37. The molecule has 0 N–H and O–H groups in total. The smallest absolute Gasteiger partial charge is 0.0465 e. The standard InChI is InChI=1S/C49H42N2/c1-35-18-25-41(26-19-35)51(43-17-11-12-36(2)32-43)42-27-22-37(23-28-42)20-21-38-24-30-45-46-31-29-44(34-48(46)49(3,4)47(45)33-38)50(39-13-7-5-8-14-39)40-15-9-6-10-16-40/h5-34H,1-4H3/b21-20+. The van der Waals surface area contributed by atoms with E-state index in [0.717, 1.165) is 28.4 Å². The van der Waals surface area contributed by atoms with E-state index in [4.69, 9.17) is 0 Å². The first kappa shape index (κ1) is 32.1. The average molecular weight is 659 g/mol. The van der Waals surface area contributed by atoms with Crippen LogP contribution < -0.4 is 9.80 Å². The van der Waals surface area contributed by atoms with E-state index in [1.807, 2.05) is 0 Å². The summed E-state index contributed by atoms with van der Waals surface area (Å²) in [6, 6.07) is 61.5. The number of anilines is 6. The first-order valence-electron chi connectivity index (χ1n) is 17.8. The fourth-order valence-corrected chi connectivity index (χ4v) is 7.42. The Balaban J connectivity index is 1.07. The predicted molar refractivity (Wildman–Crippen MR) is 218 cm³/mol. The van der Waals surface area contributed by atoms with E-state index in [1.54, 1.807) is 0 Å². The van der Waals surface area contributed by atoms with Gasteiger partial charge in [-0.25, -0.2) is 0 Å². The summed E-state index contributed by atoms with van der Waals surface area (Å²) in [4.78, 5) is 4.67. The summed E-state index contributed by atoms with van der Waals surface area (Å²) in [7, 11) is 0. The molecule has 7 aromatic carbocycles. The highest BCUT2D eigenvalue weighted by Gasteiger charge is 2.36. The van der Waals surface area contributed by atoms with Crippen molar-refractivity contribution in [1.29, 1.82) is 0 Å². The minimum atomic E-state index is -0.138. The molecule has 0 heterocycles. The second kappa shape index (κ2) is 13.3. The molecule has 1 aliphatic rings. The van der Waals surface area contributed by atoms with Crippen molar-refractivity contribution in [2.75, 3.05) is 9.80 Å². The largest absolute Gasteiger partial charge is 0.310 e. The van der Waals surface area contributed by atoms with Gasteiger partial charge in [-0.15, -0.1) is 0 Å². The molecule has 0 aliphatic heterocycles. The molecule has 0 saturated heterocycles. The van der Waals surface area contributed by atoms with Crippen LogP contribution in [0.25, 0.3) is 23.3 Å². The van der Waals surface area contributed by atoms with Crippen molar-refractivity contribution < 1.29 is 0 Å². The topological polar surface area (TPSA) is 6.48 Å². The second-order valence-corrected chi connectivity index (χ2v) is 14.1. The molecule has 0 saturated carbocycles. The number of nitrogens with zero attached hydrogens (tertiary/aromatic N) is 2. The van der Waals surface area contributed by atoms with Gasteiger partial charge in [0.05, 0.1) is 0 Å². The van der Waals surface area contributed by atoms with Gasteiger partial charge in [0.1, 0.15) is 0 Å². The fraction of sp³-hybridized carbons (Fsp3) is 0.102. The van der Waals surface area contributed by atoms with Crippen LogP contribution in [-0.4, -0.2) is 0 Å². The maximum absolute atomic E-state index is 2.39. The number of para-hydroxylation sites is 2. The molecule has 0 atom stereocenters. The normalized spacial score (nSPS) is 12.8. The third-order valence-corrected chi connectivity index (χ3v) is 10.1. The van der Waals surface area contributed by atoms with Gasteiger partial charge in [-0.05, 0) is 126 Å². The second-order valence-electron chi connectivity index (χ2n) is 14.1. The monoisotopic (exact) mass is 658 g/mol. The molecule has 2 nitrogen and oxygen atoms in total. The van der Waals surface area contributed by atoms with Gasteiger partial charge < -0.3 is 9.80 Å². The van der Waals surface area contributed by atoms with Gasteiger partial charge in [0, 0.05) is 39.5 Å². The lowest BCUT2D eigenvalue weighted by atomic mass is 9.81. The quantitative estimate of drug-likeness (QED) is 0.150. The van der Waals surface area contributed by atoms with Crippen molar-refractivity contribution in [1.82, 2.24) is 0 Å². The molecular weight excluding hydrogens is 617 g/mol. The maximum Gasteiger partial charge on any atom is 0.0465 e. The van der Waals surface area contributed by atoms with E-state index in [0.29, 0.717) is 0 Å². The van der Waals surface area contributed by atoms with Crippen LogP contribution in [0, 0.1) is 13.8 Å². The number of aryl methyl sites for hydroxylation is 2. The number of fused-ring (bicyclic) bond motifs is 3. The lowest BCUT2D eigenvalue weighted by Crippen LogP contribution is -2.16. The van der Waals surface area contributed by atoms with Gasteiger partial charge in [-0.3, -0.25) is 0 Å². The molecular formula is C49H42N2. The van der Waals surface area contributed by atoms with Crippen LogP contribution in [0.3, 0.4) is 0 Å². The van der Waals surface area contributed by atoms with Crippen LogP contribution in [0.5, 0.6) is 0 Å². The van der Waals surface area contributed by atoms with E-state index in [1.165, 1.54) is 50.2 Å². The van der Waals surface area contributed by atoms with Gasteiger partial charge in [0.2, 0.25) is 0 Å². The lowest BCUT2D eigenvalue weighted by molar-refractivity contribution is 0.660. The Morgan fingerprint density at radius 1 is 0.373 bits per heavy atom. The SMILES string of the molecule is Cc1ccc(N(c2ccc(/C=C/c3ccc4c(c3)C(C)(C)c3cc(N(c5ccccc5)c5ccccc5)ccc3-4)cc2)c2cccc(C)c2)cc1. The number of hydrogen-bond acceptors (Lipinski definition) is 2. The summed E-state index contributed by atoms with van der Waals surface area (Å²) in [6.45, 7) is 8.99. The molecule has 51 heavy (non-hydrogen) atoms. The Hall–Kier alpha value is -6.12. The summed E-state index contributed by atoms with van der Waals surface area (Å²) in [5.41, 5.74) is 17.0. The van der Waals surface area contributed by atoms with Crippen molar-refractivity contribution in [3.05, 3.63) is 203 Å². The van der Waals surface area contributed by atoms with Crippen LogP contribution in [0.1, 0.15) is 47.2 Å². The van der Waals surface area contributed by atoms with Crippen LogP contribution in [0.4, 0.5) is 34.1 Å². The fourth-order valence-electron chi connectivity index (χ4n) is 7.42. The van der Waals surface area contributed by atoms with E-state index < -0.39 is 0 Å². The Bertz CT molecular complexity index is 2290. The summed E-state index contributed by atoms with van der Waals surface area (Å²) in [5.74, 6) is 0. The Morgan fingerprint density at radius 2 is 0.824 bits per heavy atom. The zero-order valence-electron chi connectivity index (χ0n) is 29.7. The average Bonchev–Trinajstić information content (AvgIpc) is 3.38. The highest BCUT2D eigenvalue weighted by molar-refractivity contribution is 5.87. The molecule has 1 aliphatic carbocycles. The van der Waals surface area contributed by atoms with Crippen LogP contribution in [0.15, 0.2) is 170 Å². The van der Waals surface area contributed by atoms with Crippen molar-refractivity contribution in [3.63, 3.8) is 0 Å². The summed E-state index contributed by atoms with van der Waals surface area (Å²) in [6.07, 6.45) is 4.46. The minimum absolute atomic E-state index is 0.138. The summed E-state index contributed by atoms with van der Waals surface area (Å²) in [5, 5.41) is 0. The lowest BCUT2D eigenvalue weighted by Gasteiger charge is -2.28. The first-order chi connectivity index (χ1) is 24.8. The molecule has 0 bridgehead atoms. The molecule has 2 heteroatoms.